The second kappa shape index (κ2) is 2.75. The van der Waals surface area contributed by atoms with Gasteiger partial charge in [-0.05, 0) is 18.5 Å². The summed E-state index contributed by atoms with van der Waals surface area (Å²) in [6.07, 6.45) is 2.77. The van der Waals surface area contributed by atoms with E-state index >= 15 is 0 Å². The van der Waals surface area contributed by atoms with Crippen LogP contribution < -0.4 is 0 Å². The fourth-order valence-electron chi connectivity index (χ4n) is 0.584. The molecule has 0 spiro atoms. The molecule has 4 heteroatoms. The van der Waals surface area contributed by atoms with Crippen LogP contribution in [0, 0.1) is 6.92 Å². The van der Waals surface area contributed by atoms with E-state index in [9.17, 15) is 4.79 Å². The van der Waals surface area contributed by atoms with E-state index in [1.165, 1.54) is 12.5 Å². The normalized spacial score (nSPS) is 9.40. The first-order chi connectivity index (χ1) is 4.72. The van der Waals surface area contributed by atoms with Gasteiger partial charge in [-0.2, -0.15) is 0 Å². The molecule has 0 aliphatic carbocycles. The second-order valence-corrected chi connectivity index (χ2v) is 2.14. The Hall–Kier alpha value is -0.960. The number of carbonyl (C=O) groups is 1. The van der Waals surface area contributed by atoms with Gasteiger partial charge in [0.2, 0.25) is 0 Å². The van der Waals surface area contributed by atoms with Crippen molar-refractivity contribution in [3.8, 4) is 0 Å². The molecule has 0 aliphatic rings. The Morgan fingerprint density at radius 3 is 2.80 bits per heavy atom. The lowest BCUT2D eigenvalue weighted by Gasteiger charge is -1.94. The van der Waals surface area contributed by atoms with E-state index < -0.39 is 5.24 Å². The standard InChI is InChI=1S/C6H5ClN2O/c1-4-5(6(7)10)2-8-3-9-4/h2-3H,1H3. The number of halogens is 1. The fraction of sp³-hybridized carbons (Fsp3) is 0.167. The summed E-state index contributed by atoms with van der Waals surface area (Å²) in [5.74, 6) is 0. The van der Waals surface area contributed by atoms with Gasteiger partial charge in [0, 0.05) is 6.20 Å². The number of hydrogen-bond donors (Lipinski definition) is 0. The SMILES string of the molecule is Cc1ncncc1C(=O)Cl. The van der Waals surface area contributed by atoms with Gasteiger partial charge in [-0.15, -0.1) is 0 Å². The van der Waals surface area contributed by atoms with Gasteiger partial charge in [0.25, 0.3) is 5.24 Å². The molecule has 0 atom stereocenters. The number of aromatic nitrogens is 2. The van der Waals surface area contributed by atoms with Crippen LogP contribution in [-0.2, 0) is 0 Å². The Morgan fingerprint density at radius 1 is 1.70 bits per heavy atom. The van der Waals surface area contributed by atoms with Crippen LogP contribution in [0.2, 0.25) is 0 Å². The second-order valence-electron chi connectivity index (χ2n) is 1.80. The van der Waals surface area contributed by atoms with Crippen molar-refractivity contribution >= 4 is 16.8 Å². The van der Waals surface area contributed by atoms with Crippen molar-refractivity contribution in [2.24, 2.45) is 0 Å². The zero-order valence-electron chi connectivity index (χ0n) is 5.34. The minimum Gasteiger partial charge on any atom is -0.275 e. The van der Waals surface area contributed by atoms with Crippen LogP contribution in [0.4, 0.5) is 0 Å². The lowest BCUT2D eigenvalue weighted by molar-refractivity contribution is 0.108. The Bertz CT molecular complexity index is 262. The number of carbonyl (C=O) groups excluding carboxylic acids is 1. The van der Waals surface area contributed by atoms with Gasteiger partial charge in [0.1, 0.15) is 6.33 Å². The molecular formula is C6H5ClN2O. The molecule has 0 saturated carbocycles. The van der Waals surface area contributed by atoms with Gasteiger partial charge in [0.05, 0.1) is 11.3 Å². The molecule has 52 valence electrons. The van der Waals surface area contributed by atoms with E-state index in [0.717, 1.165) is 0 Å². The maximum atomic E-state index is 10.6. The third kappa shape index (κ3) is 1.30. The first-order valence-corrected chi connectivity index (χ1v) is 3.06. The molecule has 1 heterocycles. The maximum absolute atomic E-state index is 10.6. The van der Waals surface area contributed by atoms with Gasteiger partial charge in [0.15, 0.2) is 0 Å². The number of hydrogen-bond acceptors (Lipinski definition) is 3. The van der Waals surface area contributed by atoms with Crippen LogP contribution in [0.15, 0.2) is 12.5 Å². The molecule has 0 amide bonds. The first kappa shape index (κ1) is 7.15. The van der Waals surface area contributed by atoms with Crippen molar-refractivity contribution in [3.05, 3.63) is 23.8 Å². The lowest BCUT2D eigenvalue weighted by Crippen LogP contribution is -1.96. The van der Waals surface area contributed by atoms with Crippen molar-refractivity contribution < 1.29 is 4.79 Å². The van der Waals surface area contributed by atoms with Gasteiger partial charge in [-0.25, -0.2) is 9.97 Å². The van der Waals surface area contributed by atoms with E-state index in [4.69, 9.17) is 11.6 Å². The average Bonchev–Trinajstić information content (AvgIpc) is 1.88. The van der Waals surface area contributed by atoms with Crippen LogP contribution in [0.5, 0.6) is 0 Å². The maximum Gasteiger partial charge on any atom is 0.255 e. The van der Waals surface area contributed by atoms with Crippen molar-refractivity contribution in [2.75, 3.05) is 0 Å². The van der Waals surface area contributed by atoms with Crippen molar-refractivity contribution in [1.29, 1.82) is 0 Å². The molecule has 0 radical (unpaired) electrons. The Labute approximate surface area is 63.1 Å². The highest BCUT2D eigenvalue weighted by molar-refractivity contribution is 6.67. The monoisotopic (exact) mass is 156 g/mol. The van der Waals surface area contributed by atoms with Crippen LogP contribution in [-0.4, -0.2) is 15.2 Å². The summed E-state index contributed by atoms with van der Waals surface area (Å²) in [5, 5.41) is -0.516. The summed E-state index contributed by atoms with van der Waals surface area (Å²) in [6.45, 7) is 1.71. The molecule has 10 heavy (non-hydrogen) atoms. The minimum atomic E-state index is -0.516. The highest BCUT2D eigenvalue weighted by Crippen LogP contribution is 2.04. The molecule has 0 N–H and O–H groups in total. The molecule has 1 rings (SSSR count). The van der Waals surface area contributed by atoms with E-state index in [0.29, 0.717) is 11.3 Å². The molecular weight excluding hydrogens is 152 g/mol. The topological polar surface area (TPSA) is 42.9 Å². The molecule has 1 aromatic rings. The van der Waals surface area contributed by atoms with Crippen molar-refractivity contribution in [1.82, 2.24) is 9.97 Å². The summed E-state index contributed by atoms with van der Waals surface area (Å²) < 4.78 is 0. The van der Waals surface area contributed by atoms with Crippen LogP contribution in [0.3, 0.4) is 0 Å². The highest BCUT2D eigenvalue weighted by atomic mass is 35.5. The summed E-state index contributed by atoms with van der Waals surface area (Å²) in [6, 6.07) is 0. The Kier molecular flexibility index (Phi) is 1.97. The molecule has 0 unspecified atom stereocenters. The predicted molar refractivity (Wildman–Crippen MR) is 37.0 cm³/mol. The van der Waals surface area contributed by atoms with E-state index in [1.54, 1.807) is 6.92 Å². The lowest BCUT2D eigenvalue weighted by atomic mass is 10.3. The third-order valence-corrected chi connectivity index (χ3v) is 1.33. The molecule has 3 nitrogen and oxygen atoms in total. The summed E-state index contributed by atoms with van der Waals surface area (Å²) in [4.78, 5) is 18.0. The fourth-order valence-corrected chi connectivity index (χ4v) is 0.769. The zero-order chi connectivity index (χ0) is 7.56. The number of rotatable bonds is 1. The van der Waals surface area contributed by atoms with Crippen LogP contribution in [0.25, 0.3) is 0 Å². The highest BCUT2D eigenvalue weighted by Gasteiger charge is 2.04. The summed E-state index contributed by atoms with van der Waals surface area (Å²) in [7, 11) is 0. The van der Waals surface area contributed by atoms with Gasteiger partial charge in [-0.3, -0.25) is 4.79 Å². The van der Waals surface area contributed by atoms with E-state index in [1.807, 2.05) is 0 Å². The summed E-state index contributed by atoms with van der Waals surface area (Å²) >= 11 is 5.19. The quantitative estimate of drug-likeness (QED) is 0.573. The van der Waals surface area contributed by atoms with Crippen molar-refractivity contribution in [3.63, 3.8) is 0 Å². The predicted octanol–water partition coefficient (Wildman–Crippen LogP) is 1.16. The van der Waals surface area contributed by atoms with Gasteiger partial charge in [-0.1, -0.05) is 0 Å². The summed E-state index contributed by atoms with van der Waals surface area (Å²) in [5.41, 5.74) is 0.971. The number of aryl methyl sites for hydroxylation is 1. The van der Waals surface area contributed by atoms with E-state index in [-0.39, 0.29) is 0 Å². The molecule has 0 aromatic carbocycles. The third-order valence-electron chi connectivity index (χ3n) is 1.12. The molecule has 1 aromatic heterocycles. The average molecular weight is 157 g/mol. The Morgan fingerprint density at radius 2 is 2.40 bits per heavy atom. The zero-order valence-corrected chi connectivity index (χ0v) is 6.09. The molecule has 0 fully saturated rings. The first-order valence-electron chi connectivity index (χ1n) is 2.68. The smallest absolute Gasteiger partial charge is 0.255 e. The molecule has 0 aliphatic heterocycles. The molecule has 0 saturated heterocycles. The van der Waals surface area contributed by atoms with E-state index in [2.05, 4.69) is 9.97 Å². The largest absolute Gasteiger partial charge is 0.275 e. The molecule has 0 bridgehead atoms. The van der Waals surface area contributed by atoms with Crippen molar-refractivity contribution in [2.45, 2.75) is 6.92 Å². The van der Waals surface area contributed by atoms with Gasteiger partial charge < -0.3 is 0 Å². The van der Waals surface area contributed by atoms with Crippen LogP contribution in [0.1, 0.15) is 16.1 Å². The van der Waals surface area contributed by atoms with Gasteiger partial charge >= 0.3 is 0 Å². The number of nitrogens with zero attached hydrogens (tertiary/aromatic N) is 2. The van der Waals surface area contributed by atoms with Crippen LogP contribution >= 0.6 is 11.6 Å². The minimum absolute atomic E-state index is 0.365. The Balaban J connectivity index is 3.15.